The highest BCUT2D eigenvalue weighted by Gasteiger charge is 2.17. The van der Waals surface area contributed by atoms with Crippen molar-refractivity contribution in [3.05, 3.63) is 65.3 Å². The van der Waals surface area contributed by atoms with E-state index in [1.54, 1.807) is 37.3 Å². The van der Waals surface area contributed by atoms with Gasteiger partial charge in [0, 0.05) is 13.0 Å². The molecule has 0 aliphatic rings. The summed E-state index contributed by atoms with van der Waals surface area (Å²) >= 11 is 0. The van der Waals surface area contributed by atoms with Gasteiger partial charge < -0.3 is 4.52 Å². The highest BCUT2D eigenvalue weighted by Crippen LogP contribution is 2.19. The molecule has 0 amide bonds. The number of nitrogens with one attached hydrogen (secondary N) is 1. The fourth-order valence-corrected chi connectivity index (χ4v) is 3.83. The van der Waals surface area contributed by atoms with E-state index in [0.717, 1.165) is 5.56 Å². The van der Waals surface area contributed by atoms with E-state index < -0.39 is 15.8 Å². The van der Waals surface area contributed by atoms with Crippen LogP contribution in [0.2, 0.25) is 0 Å². The van der Waals surface area contributed by atoms with E-state index in [-0.39, 0.29) is 35.1 Å². The molecule has 0 saturated heterocycles. The predicted octanol–water partition coefficient (Wildman–Crippen LogP) is 3.01. The minimum Gasteiger partial charge on any atom is -0.339 e. The fraction of sp³-hybridized carbons (Fsp3) is 0.222. The number of halogens is 1. The smallest absolute Gasteiger partial charge is 0.240 e. The summed E-state index contributed by atoms with van der Waals surface area (Å²) in [5.41, 5.74) is 1.77. The maximum Gasteiger partial charge on any atom is 0.240 e. The Morgan fingerprint density at radius 3 is 2.69 bits per heavy atom. The second-order valence-corrected chi connectivity index (χ2v) is 7.64. The Bertz CT molecular complexity index is 1030. The van der Waals surface area contributed by atoms with Crippen LogP contribution in [0, 0.1) is 19.7 Å². The van der Waals surface area contributed by atoms with Gasteiger partial charge in [0.2, 0.25) is 21.7 Å². The average Bonchev–Trinajstić information content (AvgIpc) is 3.06. The topological polar surface area (TPSA) is 85.1 Å². The predicted molar refractivity (Wildman–Crippen MR) is 94.5 cm³/mol. The van der Waals surface area contributed by atoms with Gasteiger partial charge in [0.05, 0.1) is 10.5 Å². The van der Waals surface area contributed by atoms with E-state index in [0.29, 0.717) is 5.56 Å². The maximum absolute atomic E-state index is 13.7. The van der Waals surface area contributed by atoms with Crippen LogP contribution in [-0.4, -0.2) is 25.1 Å². The zero-order chi connectivity index (χ0) is 18.7. The first-order chi connectivity index (χ1) is 12.4. The van der Waals surface area contributed by atoms with Crippen molar-refractivity contribution in [1.29, 1.82) is 0 Å². The third kappa shape index (κ3) is 3.97. The van der Waals surface area contributed by atoms with E-state index in [2.05, 4.69) is 14.9 Å². The zero-order valence-corrected chi connectivity index (χ0v) is 15.2. The molecule has 0 radical (unpaired) electrons. The van der Waals surface area contributed by atoms with Crippen molar-refractivity contribution in [2.24, 2.45) is 0 Å². The summed E-state index contributed by atoms with van der Waals surface area (Å²) in [6.45, 7) is 3.67. The second kappa shape index (κ2) is 7.35. The van der Waals surface area contributed by atoms with Crippen molar-refractivity contribution < 1.29 is 17.3 Å². The summed E-state index contributed by atoms with van der Waals surface area (Å²) in [4.78, 5) is 4.36. The van der Waals surface area contributed by atoms with Gasteiger partial charge in [0.15, 0.2) is 0 Å². The van der Waals surface area contributed by atoms with Gasteiger partial charge >= 0.3 is 0 Å². The quantitative estimate of drug-likeness (QED) is 0.716. The van der Waals surface area contributed by atoms with Gasteiger partial charge in [-0.25, -0.2) is 17.5 Å². The highest BCUT2D eigenvalue weighted by atomic mass is 32.2. The molecule has 3 rings (SSSR count). The molecule has 0 fully saturated rings. The lowest BCUT2D eigenvalue weighted by atomic mass is 10.2. The SMILES string of the molecule is Cc1ccc(C)c(S(=O)(=O)NCCc2nc(-c3ccccc3F)no2)c1. The Balaban J connectivity index is 1.67. The summed E-state index contributed by atoms with van der Waals surface area (Å²) in [5, 5.41) is 3.74. The van der Waals surface area contributed by atoms with Crippen LogP contribution in [0.1, 0.15) is 17.0 Å². The van der Waals surface area contributed by atoms with E-state index in [9.17, 15) is 12.8 Å². The lowest BCUT2D eigenvalue weighted by Crippen LogP contribution is -2.26. The minimum absolute atomic E-state index is 0.0919. The number of rotatable bonds is 6. The van der Waals surface area contributed by atoms with Gasteiger partial charge in [0.1, 0.15) is 5.82 Å². The number of hydrogen-bond acceptors (Lipinski definition) is 5. The van der Waals surface area contributed by atoms with Crippen LogP contribution in [0.25, 0.3) is 11.4 Å². The van der Waals surface area contributed by atoms with Crippen molar-refractivity contribution >= 4 is 10.0 Å². The number of aromatic nitrogens is 2. The second-order valence-electron chi connectivity index (χ2n) is 5.91. The molecule has 8 heteroatoms. The van der Waals surface area contributed by atoms with Gasteiger partial charge in [0.25, 0.3) is 0 Å². The summed E-state index contributed by atoms with van der Waals surface area (Å²) in [6.07, 6.45) is 0.200. The molecule has 6 nitrogen and oxygen atoms in total. The van der Waals surface area contributed by atoms with Gasteiger partial charge in [-0.05, 0) is 43.2 Å². The van der Waals surface area contributed by atoms with Crippen molar-refractivity contribution in [3.63, 3.8) is 0 Å². The molecule has 26 heavy (non-hydrogen) atoms. The van der Waals surface area contributed by atoms with Crippen LogP contribution in [0.4, 0.5) is 4.39 Å². The molecular formula is C18H18FN3O3S. The van der Waals surface area contributed by atoms with Gasteiger partial charge in [-0.3, -0.25) is 0 Å². The zero-order valence-electron chi connectivity index (χ0n) is 14.4. The molecular weight excluding hydrogens is 357 g/mol. The largest absolute Gasteiger partial charge is 0.339 e. The average molecular weight is 375 g/mol. The van der Waals surface area contributed by atoms with Gasteiger partial charge in [-0.15, -0.1) is 0 Å². The van der Waals surface area contributed by atoms with Crippen molar-refractivity contribution in [2.45, 2.75) is 25.2 Å². The first-order valence-corrected chi connectivity index (χ1v) is 9.49. The normalized spacial score (nSPS) is 11.7. The fourth-order valence-electron chi connectivity index (χ4n) is 2.48. The van der Waals surface area contributed by atoms with Crippen LogP contribution < -0.4 is 4.72 Å². The van der Waals surface area contributed by atoms with Gasteiger partial charge in [-0.1, -0.05) is 29.4 Å². The lowest BCUT2D eigenvalue weighted by molar-refractivity contribution is 0.378. The third-order valence-corrected chi connectivity index (χ3v) is 5.45. The molecule has 1 N–H and O–H groups in total. The number of nitrogens with zero attached hydrogens (tertiary/aromatic N) is 2. The maximum atomic E-state index is 13.7. The van der Waals surface area contributed by atoms with E-state index >= 15 is 0 Å². The number of aryl methyl sites for hydroxylation is 2. The van der Waals surface area contributed by atoms with Crippen LogP contribution in [0.3, 0.4) is 0 Å². The van der Waals surface area contributed by atoms with Crippen molar-refractivity contribution in [2.75, 3.05) is 6.54 Å². The molecule has 0 aliphatic carbocycles. The molecule has 136 valence electrons. The standard InChI is InChI=1S/C18H18FN3O3S/c1-12-7-8-13(2)16(11-12)26(23,24)20-10-9-17-21-18(22-25-17)14-5-3-4-6-15(14)19/h3-8,11,20H,9-10H2,1-2H3. The first kappa shape index (κ1) is 18.2. The van der Waals surface area contributed by atoms with Crippen LogP contribution in [-0.2, 0) is 16.4 Å². The monoisotopic (exact) mass is 375 g/mol. The third-order valence-electron chi connectivity index (χ3n) is 3.85. The van der Waals surface area contributed by atoms with Crippen LogP contribution in [0.15, 0.2) is 51.9 Å². The molecule has 0 spiro atoms. The molecule has 0 saturated carbocycles. The van der Waals surface area contributed by atoms with E-state index in [1.165, 1.54) is 6.07 Å². The minimum atomic E-state index is -3.64. The van der Waals surface area contributed by atoms with Crippen molar-refractivity contribution in [3.8, 4) is 11.4 Å². The Morgan fingerprint density at radius 1 is 1.15 bits per heavy atom. The lowest BCUT2D eigenvalue weighted by Gasteiger charge is -2.09. The Hall–Kier alpha value is -2.58. The first-order valence-electron chi connectivity index (χ1n) is 8.01. The van der Waals surface area contributed by atoms with Gasteiger partial charge in [-0.2, -0.15) is 4.98 Å². The Morgan fingerprint density at radius 2 is 1.92 bits per heavy atom. The molecule has 0 bridgehead atoms. The van der Waals surface area contributed by atoms with Crippen LogP contribution >= 0.6 is 0 Å². The number of hydrogen-bond donors (Lipinski definition) is 1. The van der Waals surface area contributed by atoms with Crippen LogP contribution in [0.5, 0.6) is 0 Å². The number of benzene rings is 2. The Kier molecular flexibility index (Phi) is 5.15. The van der Waals surface area contributed by atoms with Crippen molar-refractivity contribution in [1.82, 2.24) is 14.9 Å². The highest BCUT2D eigenvalue weighted by molar-refractivity contribution is 7.89. The molecule has 0 unspecified atom stereocenters. The summed E-state index contributed by atoms with van der Waals surface area (Å²) in [5.74, 6) is -0.0853. The molecule has 0 aliphatic heterocycles. The molecule has 0 atom stereocenters. The summed E-state index contributed by atoms with van der Waals surface area (Å²) in [7, 11) is -3.64. The van der Waals surface area contributed by atoms with E-state index in [1.807, 2.05) is 13.0 Å². The summed E-state index contributed by atoms with van der Waals surface area (Å²) in [6, 6.07) is 11.4. The Labute approximate surface area is 151 Å². The van der Waals surface area contributed by atoms with E-state index in [4.69, 9.17) is 4.52 Å². The molecule has 1 heterocycles. The molecule has 1 aromatic heterocycles. The molecule has 2 aromatic carbocycles. The summed E-state index contributed by atoms with van der Waals surface area (Å²) < 4.78 is 46.2. The molecule has 3 aromatic rings. The number of sulfonamides is 1.